The molecule has 10 heteroatoms. The lowest BCUT2D eigenvalue weighted by atomic mass is 9.94. The van der Waals surface area contributed by atoms with Crippen LogP contribution in [-0.2, 0) is 27.8 Å². The Morgan fingerprint density at radius 1 is 1.15 bits per heavy atom. The molecule has 206 valence electrons. The van der Waals surface area contributed by atoms with E-state index >= 15 is 0 Å². The van der Waals surface area contributed by atoms with Crippen LogP contribution in [0, 0.1) is 25.2 Å². The van der Waals surface area contributed by atoms with Crippen LogP contribution in [0.25, 0.3) is 11.3 Å². The summed E-state index contributed by atoms with van der Waals surface area (Å²) < 4.78 is 29.7. The van der Waals surface area contributed by atoms with E-state index in [1.54, 1.807) is 11.3 Å². The predicted octanol–water partition coefficient (Wildman–Crippen LogP) is 4.15. The zero-order chi connectivity index (χ0) is 27.4. The molecule has 2 aliphatic heterocycles. The first kappa shape index (κ1) is 26.3. The van der Waals surface area contributed by atoms with Crippen LogP contribution in [0.3, 0.4) is 0 Å². The molecule has 1 saturated carbocycles. The molecule has 1 aromatic heterocycles. The zero-order valence-corrected chi connectivity index (χ0v) is 23.9. The van der Waals surface area contributed by atoms with E-state index in [4.69, 9.17) is 9.72 Å². The van der Waals surface area contributed by atoms with E-state index < -0.39 is 15.8 Å². The quantitative estimate of drug-likeness (QED) is 0.434. The van der Waals surface area contributed by atoms with Gasteiger partial charge in [0.05, 0.1) is 23.1 Å². The number of thiazole rings is 1. The summed E-state index contributed by atoms with van der Waals surface area (Å²) in [5.41, 5.74) is 6.34. The molecule has 1 unspecified atom stereocenters. The maximum absolute atomic E-state index is 11.7. The molecule has 3 heterocycles. The number of aromatic nitrogens is 1. The van der Waals surface area contributed by atoms with Gasteiger partial charge in [-0.05, 0) is 49.1 Å². The molecule has 3 fully saturated rings. The van der Waals surface area contributed by atoms with Crippen molar-refractivity contribution in [1.82, 2.24) is 9.88 Å². The molecule has 2 saturated heterocycles. The number of aliphatic carboxylic acids is 1. The van der Waals surface area contributed by atoms with Crippen molar-refractivity contribution >= 4 is 32.3 Å². The molecule has 2 aromatic carbocycles. The average molecular weight is 568 g/mol. The van der Waals surface area contributed by atoms with Crippen LogP contribution in [0.15, 0.2) is 41.8 Å². The van der Waals surface area contributed by atoms with Crippen molar-refractivity contribution in [1.29, 1.82) is 0 Å². The number of anilines is 1. The van der Waals surface area contributed by atoms with Gasteiger partial charge in [0.15, 0.2) is 15.0 Å². The second-order valence-electron chi connectivity index (χ2n) is 11.3. The minimum Gasteiger partial charge on any atom is -0.488 e. The van der Waals surface area contributed by atoms with E-state index in [1.807, 2.05) is 12.1 Å². The lowest BCUT2D eigenvalue weighted by molar-refractivity contribution is -0.139. The topological polar surface area (TPSA) is 100 Å². The number of ether oxygens (including phenoxy) is 1. The minimum atomic E-state index is -2.88. The lowest BCUT2D eigenvalue weighted by Gasteiger charge is -2.40. The van der Waals surface area contributed by atoms with Crippen LogP contribution in [0.4, 0.5) is 5.13 Å². The fraction of sp³-hybridized carbons (Fsp3) is 0.448. The highest BCUT2D eigenvalue weighted by molar-refractivity contribution is 7.91. The summed E-state index contributed by atoms with van der Waals surface area (Å²) in [6, 6.07) is 12.5. The summed E-state index contributed by atoms with van der Waals surface area (Å²) >= 11 is 1.59. The lowest BCUT2D eigenvalue weighted by Crippen LogP contribution is -2.50. The second-order valence-corrected chi connectivity index (χ2v) is 14.4. The number of carboxylic acid groups (broad SMARTS) is 1. The van der Waals surface area contributed by atoms with Gasteiger partial charge in [-0.2, -0.15) is 0 Å². The average Bonchev–Trinajstić information content (AvgIpc) is 3.46. The van der Waals surface area contributed by atoms with E-state index in [-0.39, 0.29) is 22.8 Å². The third kappa shape index (κ3) is 5.42. The van der Waals surface area contributed by atoms with E-state index in [2.05, 4.69) is 53.3 Å². The smallest absolute Gasteiger partial charge is 0.307 e. The van der Waals surface area contributed by atoms with Crippen LogP contribution in [0.5, 0.6) is 5.75 Å². The molecule has 0 bridgehead atoms. The van der Waals surface area contributed by atoms with Crippen molar-refractivity contribution < 1.29 is 23.1 Å². The molecular weight excluding hydrogens is 534 g/mol. The first-order valence-corrected chi connectivity index (χ1v) is 16.0. The van der Waals surface area contributed by atoms with Crippen molar-refractivity contribution in [2.45, 2.75) is 33.4 Å². The van der Waals surface area contributed by atoms with E-state index in [0.717, 1.165) is 64.9 Å². The Bertz CT molecular complexity index is 1510. The first-order chi connectivity index (χ1) is 18.6. The second kappa shape index (κ2) is 9.91. The first-order valence-electron chi connectivity index (χ1n) is 13.3. The van der Waals surface area contributed by atoms with Gasteiger partial charge >= 0.3 is 5.97 Å². The molecule has 1 aliphatic carbocycles. The Hall–Kier alpha value is -2.95. The number of hydrogen-bond donors (Lipinski definition) is 1. The maximum atomic E-state index is 11.7. The number of carboxylic acids is 1. The van der Waals surface area contributed by atoms with Gasteiger partial charge in [0, 0.05) is 49.1 Å². The van der Waals surface area contributed by atoms with E-state index in [0.29, 0.717) is 19.7 Å². The number of nitrogens with zero attached hydrogens (tertiary/aromatic N) is 3. The number of carbonyl (C=O) groups is 1. The molecule has 3 aliphatic rings. The molecular formula is C29H33N3O5S2. The molecule has 1 spiro atoms. The van der Waals surface area contributed by atoms with Crippen molar-refractivity contribution in [2.75, 3.05) is 42.6 Å². The molecule has 39 heavy (non-hydrogen) atoms. The largest absolute Gasteiger partial charge is 0.488 e. The fourth-order valence-electron chi connectivity index (χ4n) is 5.74. The Kier molecular flexibility index (Phi) is 6.68. The third-order valence-corrected chi connectivity index (χ3v) is 10.8. The number of benzene rings is 2. The van der Waals surface area contributed by atoms with Gasteiger partial charge < -0.3 is 14.7 Å². The summed E-state index contributed by atoms with van der Waals surface area (Å²) in [6.45, 7) is 8.03. The monoisotopic (exact) mass is 567 g/mol. The van der Waals surface area contributed by atoms with Gasteiger partial charge in [-0.1, -0.05) is 29.8 Å². The normalized spacial score (nSPS) is 21.5. The number of aryl methyl sites for hydroxylation is 2. The molecule has 6 rings (SSSR count). The Morgan fingerprint density at radius 2 is 1.92 bits per heavy atom. The van der Waals surface area contributed by atoms with Gasteiger partial charge in [0.25, 0.3) is 0 Å². The van der Waals surface area contributed by atoms with E-state index in [1.165, 1.54) is 5.56 Å². The van der Waals surface area contributed by atoms with Crippen molar-refractivity contribution in [3.63, 3.8) is 0 Å². The summed E-state index contributed by atoms with van der Waals surface area (Å²) in [7, 11) is -2.88. The molecule has 1 atom stereocenters. The minimum absolute atomic E-state index is 0.0445. The van der Waals surface area contributed by atoms with Crippen LogP contribution >= 0.6 is 11.3 Å². The van der Waals surface area contributed by atoms with Crippen LogP contribution in [0.2, 0.25) is 0 Å². The number of sulfone groups is 1. The van der Waals surface area contributed by atoms with Crippen LogP contribution in [0.1, 0.15) is 28.7 Å². The van der Waals surface area contributed by atoms with Crippen molar-refractivity contribution in [3.8, 4) is 17.0 Å². The van der Waals surface area contributed by atoms with Gasteiger partial charge in [-0.3, -0.25) is 9.69 Å². The summed E-state index contributed by atoms with van der Waals surface area (Å²) in [4.78, 5) is 20.6. The van der Waals surface area contributed by atoms with Crippen LogP contribution < -0.4 is 9.64 Å². The highest BCUT2D eigenvalue weighted by Gasteiger charge is 2.65. The Balaban J connectivity index is 1.11. The molecule has 0 radical (unpaired) electrons. The third-order valence-electron chi connectivity index (χ3n) is 8.31. The standard InChI is InChI=1S/C29H33N3O5S2/c1-19-3-6-26(23(11-19)25-16-38-28(30-25)32-17-29(18-32)13-24(29)27(33)34)37-15-22-5-4-21(12-20(22)2)14-31-7-9-39(35,36)10-8-31/h3-6,11-12,16,24H,7-10,13-15,17-18H2,1-2H3,(H,33,34). The summed E-state index contributed by atoms with van der Waals surface area (Å²) in [6.07, 6.45) is 0.774. The Labute approximate surface area is 233 Å². The van der Waals surface area contributed by atoms with Gasteiger partial charge in [-0.25, -0.2) is 13.4 Å². The highest BCUT2D eigenvalue weighted by atomic mass is 32.2. The molecule has 3 aromatic rings. The summed E-state index contributed by atoms with van der Waals surface area (Å²) in [5, 5.41) is 12.3. The molecule has 1 N–H and O–H groups in total. The van der Waals surface area contributed by atoms with Crippen LogP contribution in [-0.4, -0.2) is 67.1 Å². The van der Waals surface area contributed by atoms with E-state index in [9.17, 15) is 18.3 Å². The van der Waals surface area contributed by atoms with Crippen molar-refractivity contribution in [3.05, 3.63) is 64.0 Å². The summed E-state index contributed by atoms with van der Waals surface area (Å²) in [5.74, 6) is 0.373. The van der Waals surface area contributed by atoms with Gasteiger partial charge in [0.1, 0.15) is 12.4 Å². The SMILES string of the molecule is Cc1ccc(OCc2ccc(CN3CCS(=O)(=O)CC3)cc2C)c(-c2csc(N3CC4(CC4C(=O)O)C3)n2)c1. The predicted molar refractivity (Wildman–Crippen MR) is 152 cm³/mol. The van der Waals surface area contributed by atoms with Gasteiger partial charge in [-0.15, -0.1) is 11.3 Å². The molecule has 8 nitrogen and oxygen atoms in total. The zero-order valence-electron chi connectivity index (χ0n) is 22.2. The van der Waals surface area contributed by atoms with Gasteiger partial charge in [0.2, 0.25) is 0 Å². The number of hydrogen-bond acceptors (Lipinski definition) is 8. The van der Waals surface area contributed by atoms with Crippen molar-refractivity contribution in [2.24, 2.45) is 11.3 Å². The Morgan fingerprint density at radius 3 is 2.62 bits per heavy atom. The fourth-order valence-corrected chi connectivity index (χ4v) is 7.84. The maximum Gasteiger partial charge on any atom is 0.307 e. The highest BCUT2D eigenvalue weighted by Crippen LogP contribution is 2.59. The number of rotatable bonds is 8. The molecule has 0 amide bonds.